The number of hydrogen-bond acceptors (Lipinski definition) is 2. The summed E-state index contributed by atoms with van der Waals surface area (Å²) in [5.41, 5.74) is 5.97. The summed E-state index contributed by atoms with van der Waals surface area (Å²) < 4.78 is 0. The van der Waals surface area contributed by atoms with Gasteiger partial charge in [0.25, 0.3) is 0 Å². The van der Waals surface area contributed by atoms with E-state index in [4.69, 9.17) is 5.73 Å². The average molecular weight is 210 g/mol. The Hall–Kier alpha value is -0.570. The van der Waals surface area contributed by atoms with Crippen molar-refractivity contribution in [3.05, 3.63) is 0 Å². The van der Waals surface area contributed by atoms with E-state index in [-0.39, 0.29) is 11.4 Å². The lowest BCUT2D eigenvalue weighted by Crippen LogP contribution is -2.44. The van der Waals surface area contributed by atoms with Crippen LogP contribution < -0.4 is 11.1 Å². The summed E-state index contributed by atoms with van der Waals surface area (Å²) in [4.78, 5) is 11.8. The topological polar surface area (TPSA) is 55.1 Å². The zero-order valence-corrected chi connectivity index (χ0v) is 9.59. The minimum Gasteiger partial charge on any atom is -0.353 e. The fourth-order valence-corrected chi connectivity index (χ4v) is 2.59. The van der Waals surface area contributed by atoms with Crippen molar-refractivity contribution in [2.45, 2.75) is 63.5 Å². The fraction of sp³-hybridized carbons (Fsp3) is 0.917. The highest BCUT2D eigenvalue weighted by Crippen LogP contribution is 2.33. The van der Waals surface area contributed by atoms with Crippen molar-refractivity contribution < 1.29 is 4.79 Å². The number of carbonyl (C=O) groups is 1. The van der Waals surface area contributed by atoms with Gasteiger partial charge in [0.2, 0.25) is 5.91 Å². The third-order valence-corrected chi connectivity index (χ3v) is 3.83. The molecule has 2 fully saturated rings. The monoisotopic (exact) mass is 210 g/mol. The van der Waals surface area contributed by atoms with Crippen molar-refractivity contribution in [1.82, 2.24) is 5.32 Å². The number of hydrogen-bond donors (Lipinski definition) is 2. The first-order chi connectivity index (χ1) is 7.09. The Kier molecular flexibility index (Phi) is 3.01. The minimum atomic E-state index is -0.201. The van der Waals surface area contributed by atoms with Crippen molar-refractivity contribution >= 4 is 5.91 Å². The summed E-state index contributed by atoms with van der Waals surface area (Å²) in [7, 11) is 0. The lowest BCUT2D eigenvalue weighted by molar-refractivity contribution is -0.123. The molecule has 0 aromatic carbocycles. The van der Waals surface area contributed by atoms with Gasteiger partial charge in [-0.3, -0.25) is 4.79 Å². The summed E-state index contributed by atoms with van der Waals surface area (Å²) in [5, 5.41) is 3.07. The van der Waals surface area contributed by atoms with Crippen LogP contribution >= 0.6 is 0 Å². The molecule has 15 heavy (non-hydrogen) atoms. The van der Waals surface area contributed by atoms with Gasteiger partial charge in [-0.25, -0.2) is 0 Å². The molecule has 0 spiro atoms. The van der Waals surface area contributed by atoms with Crippen molar-refractivity contribution in [1.29, 1.82) is 0 Å². The van der Waals surface area contributed by atoms with Crippen LogP contribution in [0.15, 0.2) is 0 Å². The van der Waals surface area contributed by atoms with Gasteiger partial charge in [-0.15, -0.1) is 0 Å². The predicted octanol–water partition coefficient (Wildman–Crippen LogP) is 1.56. The van der Waals surface area contributed by atoms with Crippen LogP contribution in [-0.4, -0.2) is 17.5 Å². The Bertz CT molecular complexity index is 242. The Labute approximate surface area is 91.8 Å². The van der Waals surface area contributed by atoms with Crippen LogP contribution in [0.1, 0.15) is 51.9 Å². The summed E-state index contributed by atoms with van der Waals surface area (Å²) in [6.45, 7) is 2.10. The van der Waals surface area contributed by atoms with Gasteiger partial charge in [0.1, 0.15) is 0 Å². The maximum atomic E-state index is 11.8. The highest BCUT2D eigenvalue weighted by Gasteiger charge is 2.34. The van der Waals surface area contributed by atoms with E-state index in [0.29, 0.717) is 12.5 Å². The Morgan fingerprint density at radius 2 is 2.07 bits per heavy atom. The fourth-order valence-electron chi connectivity index (χ4n) is 2.59. The van der Waals surface area contributed by atoms with E-state index in [0.717, 1.165) is 18.8 Å². The SMILES string of the molecule is CC(NC(=O)CC1(N)CCCC1)C1CC1. The lowest BCUT2D eigenvalue weighted by atomic mass is 9.94. The summed E-state index contributed by atoms with van der Waals surface area (Å²) >= 11 is 0. The number of amides is 1. The van der Waals surface area contributed by atoms with Crippen LogP contribution in [0.2, 0.25) is 0 Å². The molecule has 2 aliphatic rings. The van der Waals surface area contributed by atoms with Crippen LogP contribution in [-0.2, 0) is 4.79 Å². The van der Waals surface area contributed by atoms with Crippen molar-refractivity contribution in [2.24, 2.45) is 11.7 Å². The molecule has 1 amide bonds. The highest BCUT2D eigenvalue weighted by molar-refractivity contribution is 5.77. The van der Waals surface area contributed by atoms with Gasteiger partial charge in [0, 0.05) is 18.0 Å². The molecule has 0 saturated heterocycles. The standard InChI is InChI=1S/C12H22N2O/c1-9(10-4-5-10)14-11(15)8-12(13)6-2-3-7-12/h9-10H,2-8,13H2,1H3,(H,14,15). The first-order valence-corrected chi connectivity index (χ1v) is 6.17. The molecule has 2 rings (SSSR count). The van der Waals surface area contributed by atoms with E-state index in [1.165, 1.54) is 25.7 Å². The molecule has 3 nitrogen and oxygen atoms in total. The van der Waals surface area contributed by atoms with Gasteiger partial charge < -0.3 is 11.1 Å². The third-order valence-electron chi connectivity index (χ3n) is 3.83. The van der Waals surface area contributed by atoms with Gasteiger partial charge >= 0.3 is 0 Å². The lowest BCUT2D eigenvalue weighted by Gasteiger charge is -2.24. The van der Waals surface area contributed by atoms with E-state index in [1.807, 2.05) is 0 Å². The molecule has 2 saturated carbocycles. The Balaban J connectivity index is 1.75. The molecule has 3 heteroatoms. The molecule has 3 N–H and O–H groups in total. The molecule has 0 bridgehead atoms. The van der Waals surface area contributed by atoms with Gasteiger partial charge in [-0.2, -0.15) is 0 Å². The highest BCUT2D eigenvalue weighted by atomic mass is 16.1. The van der Waals surface area contributed by atoms with Crippen LogP contribution in [0.4, 0.5) is 0 Å². The molecular weight excluding hydrogens is 188 g/mol. The molecule has 86 valence electrons. The summed E-state index contributed by atoms with van der Waals surface area (Å²) in [6, 6.07) is 0.350. The van der Waals surface area contributed by atoms with Crippen molar-refractivity contribution in [3.8, 4) is 0 Å². The first kappa shape index (κ1) is 10.9. The molecule has 0 aromatic rings. The van der Waals surface area contributed by atoms with E-state index >= 15 is 0 Å². The van der Waals surface area contributed by atoms with Crippen LogP contribution in [0, 0.1) is 5.92 Å². The second kappa shape index (κ2) is 4.12. The largest absolute Gasteiger partial charge is 0.353 e. The normalized spacial score (nSPS) is 26.3. The van der Waals surface area contributed by atoms with Crippen LogP contribution in [0.25, 0.3) is 0 Å². The van der Waals surface area contributed by atoms with Crippen molar-refractivity contribution in [3.63, 3.8) is 0 Å². The number of rotatable bonds is 4. The predicted molar refractivity (Wildman–Crippen MR) is 60.3 cm³/mol. The summed E-state index contributed by atoms with van der Waals surface area (Å²) in [6.07, 6.45) is 7.45. The first-order valence-electron chi connectivity index (χ1n) is 6.17. The van der Waals surface area contributed by atoms with Crippen LogP contribution in [0.5, 0.6) is 0 Å². The van der Waals surface area contributed by atoms with Gasteiger partial charge in [0.15, 0.2) is 0 Å². The summed E-state index contributed by atoms with van der Waals surface area (Å²) in [5.74, 6) is 0.880. The third kappa shape index (κ3) is 2.94. The average Bonchev–Trinajstić information content (AvgIpc) is 2.90. The Morgan fingerprint density at radius 3 is 2.60 bits per heavy atom. The molecule has 0 aromatic heterocycles. The quantitative estimate of drug-likeness (QED) is 0.740. The maximum absolute atomic E-state index is 11.8. The molecule has 0 radical (unpaired) electrons. The van der Waals surface area contributed by atoms with E-state index in [9.17, 15) is 4.79 Å². The molecule has 1 unspecified atom stereocenters. The van der Waals surface area contributed by atoms with Crippen LogP contribution in [0.3, 0.4) is 0 Å². The second-order valence-corrected chi connectivity index (χ2v) is 5.44. The molecular formula is C12H22N2O. The molecule has 2 aliphatic carbocycles. The smallest absolute Gasteiger partial charge is 0.222 e. The minimum absolute atomic E-state index is 0.152. The maximum Gasteiger partial charge on any atom is 0.222 e. The zero-order valence-electron chi connectivity index (χ0n) is 9.59. The second-order valence-electron chi connectivity index (χ2n) is 5.44. The van der Waals surface area contributed by atoms with Gasteiger partial charge in [0.05, 0.1) is 0 Å². The molecule has 1 atom stereocenters. The van der Waals surface area contributed by atoms with E-state index in [2.05, 4.69) is 12.2 Å². The Morgan fingerprint density at radius 1 is 1.47 bits per heavy atom. The number of carbonyl (C=O) groups excluding carboxylic acids is 1. The molecule has 0 heterocycles. The van der Waals surface area contributed by atoms with Gasteiger partial charge in [-0.05, 0) is 38.5 Å². The van der Waals surface area contributed by atoms with E-state index in [1.54, 1.807) is 0 Å². The number of nitrogens with two attached hydrogens (primary N) is 1. The van der Waals surface area contributed by atoms with Crippen molar-refractivity contribution in [2.75, 3.05) is 0 Å². The van der Waals surface area contributed by atoms with Gasteiger partial charge in [-0.1, -0.05) is 12.8 Å². The molecule has 0 aliphatic heterocycles. The number of nitrogens with one attached hydrogen (secondary N) is 1. The zero-order chi connectivity index (χ0) is 10.9. The van der Waals surface area contributed by atoms with E-state index < -0.39 is 0 Å².